The number of hydrogen-bond acceptors (Lipinski definition) is 4. The number of hydrogen-bond donors (Lipinski definition) is 1. The van der Waals surface area contributed by atoms with E-state index in [1.807, 2.05) is 13.8 Å². The minimum atomic E-state index is -3.91. The van der Waals surface area contributed by atoms with Gasteiger partial charge in [0.15, 0.2) is 0 Å². The van der Waals surface area contributed by atoms with E-state index in [2.05, 4.69) is 5.32 Å². The van der Waals surface area contributed by atoms with Crippen LogP contribution >= 0.6 is 11.6 Å². The van der Waals surface area contributed by atoms with E-state index in [4.69, 9.17) is 16.3 Å². The van der Waals surface area contributed by atoms with Gasteiger partial charge < -0.3 is 10.1 Å². The Kier molecular flexibility index (Phi) is 8.29. The van der Waals surface area contributed by atoms with E-state index in [9.17, 15) is 13.2 Å². The Balaban J connectivity index is 2.21. The Morgan fingerprint density at radius 2 is 1.75 bits per heavy atom. The summed E-state index contributed by atoms with van der Waals surface area (Å²) in [6.07, 6.45) is 0.658. The van der Waals surface area contributed by atoms with Gasteiger partial charge in [0.1, 0.15) is 6.54 Å². The molecule has 2 aromatic carbocycles. The molecule has 0 bridgehead atoms. The molecule has 2 rings (SSSR count). The van der Waals surface area contributed by atoms with Crippen molar-refractivity contribution >= 4 is 33.2 Å². The largest absolute Gasteiger partial charge is 0.382 e. The molecule has 0 radical (unpaired) electrons. The number of carbonyl (C=O) groups is 1. The highest BCUT2D eigenvalue weighted by molar-refractivity contribution is 7.92. The SMILES string of the molecule is CCOCCCNC(=O)CN(c1ccc(Cl)cc1)S(=O)(=O)c1ccc(C)cc1. The third-order valence-corrected chi connectivity index (χ3v) is 6.04. The highest BCUT2D eigenvalue weighted by Crippen LogP contribution is 2.25. The number of amides is 1. The van der Waals surface area contributed by atoms with Gasteiger partial charge in [-0.3, -0.25) is 9.10 Å². The van der Waals surface area contributed by atoms with Gasteiger partial charge in [-0.15, -0.1) is 0 Å². The predicted molar refractivity (Wildman–Crippen MR) is 111 cm³/mol. The average molecular weight is 425 g/mol. The van der Waals surface area contributed by atoms with E-state index >= 15 is 0 Å². The number of carbonyl (C=O) groups excluding carboxylic acids is 1. The molecule has 8 heteroatoms. The molecule has 0 aliphatic heterocycles. The molecular formula is C20H25ClN2O4S. The second-order valence-electron chi connectivity index (χ2n) is 6.20. The second-order valence-corrected chi connectivity index (χ2v) is 8.50. The van der Waals surface area contributed by atoms with E-state index in [0.717, 1.165) is 9.87 Å². The molecule has 0 atom stereocenters. The van der Waals surface area contributed by atoms with Gasteiger partial charge in [0, 0.05) is 24.8 Å². The van der Waals surface area contributed by atoms with Crippen LogP contribution in [0.5, 0.6) is 0 Å². The van der Waals surface area contributed by atoms with E-state index in [-0.39, 0.29) is 17.3 Å². The van der Waals surface area contributed by atoms with Crippen LogP contribution in [-0.4, -0.2) is 40.6 Å². The summed E-state index contributed by atoms with van der Waals surface area (Å²) in [5, 5.41) is 3.22. The zero-order chi connectivity index (χ0) is 20.6. The lowest BCUT2D eigenvalue weighted by molar-refractivity contribution is -0.119. The number of nitrogens with one attached hydrogen (secondary N) is 1. The van der Waals surface area contributed by atoms with Crippen LogP contribution in [0.25, 0.3) is 0 Å². The Labute approximate surface area is 171 Å². The van der Waals surface area contributed by atoms with E-state index < -0.39 is 10.0 Å². The van der Waals surface area contributed by atoms with Gasteiger partial charge in [0.2, 0.25) is 5.91 Å². The zero-order valence-corrected chi connectivity index (χ0v) is 17.6. The van der Waals surface area contributed by atoms with E-state index in [1.165, 1.54) is 12.1 Å². The molecule has 0 aromatic heterocycles. The van der Waals surface area contributed by atoms with Gasteiger partial charge in [-0.1, -0.05) is 29.3 Å². The number of benzene rings is 2. The van der Waals surface area contributed by atoms with E-state index in [1.54, 1.807) is 36.4 Å². The molecule has 0 unspecified atom stereocenters. The summed E-state index contributed by atoms with van der Waals surface area (Å²) in [4.78, 5) is 12.5. The fourth-order valence-corrected chi connectivity index (χ4v) is 4.04. The normalized spacial score (nSPS) is 11.2. The van der Waals surface area contributed by atoms with Gasteiger partial charge >= 0.3 is 0 Å². The van der Waals surface area contributed by atoms with Gasteiger partial charge in [0.25, 0.3) is 10.0 Å². The molecule has 1 N–H and O–H groups in total. The molecule has 6 nitrogen and oxygen atoms in total. The zero-order valence-electron chi connectivity index (χ0n) is 16.0. The van der Waals surface area contributed by atoms with Gasteiger partial charge in [-0.2, -0.15) is 0 Å². The summed E-state index contributed by atoms with van der Waals surface area (Å²) in [5.74, 6) is -0.387. The summed E-state index contributed by atoms with van der Waals surface area (Å²) >= 11 is 5.92. The molecule has 0 fully saturated rings. The molecule has 0 saturated carbocycles. The summed E-state index contributed by atoms with van der Waals surface area (Å²) in [6.45, 7) is 5.03. The van der Waals surface area contributed by atoms with Crippen LogP contribution in [-0.2, 0) is 19.6 Å². The quantitative estimate of drug-likeness (QED) is 0.593. The Morgan fingerprint density at radius 3 is 2.36 bits per heavy atom. The highest BCUT2D eigenvalue weighted by Gasteiger charge is 2.27. The van der Waals surface area contributed by atoms with Crippen LogP contribution in [0, 0.1) is 6.92 Å². The Bertz CT molecular complexity index is 868. The third-order valence-electron chi connectivity index (χ3n) is 4.00. The molecule has 0 aliphatic rings. The fourth-order valence-electron chi connectivity index (χ4n) is 2.49. The number of aryl methyl sites for hydroxylation is 1. The molecule has 0 aliphatic carbocycles. The minimum Gasteiger partial charge on any atom is -0.382 e. The smallest absolute Gasteiger partial charge is 0.264 e. The molecule has 2 aromatic rings. The average Bonchev–Trinajstić information content (AvgIpc) is 2.67. The van der Waals surface area contributed by atoms with Gasteiger partial charge in [-0.25, -0.2) is 8.42 Å². The molecule has 0 saturated heterocycles. The van der Waals surface area contributed by atoms with Crippen molar-refractivity contribution in [1.29, 1.82) is 0 Å². The Hall–Kier alpha value is -2.09. The van der Waals surface area contributed by atoms with Crippen LogP contribution in [0.4, 0.5) is 5.69 Å². The lowest BCUT2D eigenvalue weighted by Crippen LogP contribution is -2.41. The number of ether oxygens (including phenoxy) is 1. The maximum Gasteiger partial charge on any atom is 0.264 e. The van der Waals surface area contributed by atoms with Crippen LogP contribution in [0.3, 0.4) is 0 Å². The number of sulfonamides is 1. The van der Waals surface area contributed by atoms with Crippen molar-refractivity contribution in [3.8, 4) is 0 Å². The molecule has 1 amide bonds. The first-order valence-electron chi connectivity index (χ1n) is 9.04. The van der Waals surface area contributed by atoms with Crippen LogP contribution in [0.1, 0.15) is 18.9 Å². The first-order chi connectivity index (χ1) is 13.3. The summed E-state index contributed by atoms with van der Waals surface area (Å²) in [6, 6.07) is 12.9. The topological polar surface area (TPSA) is 75.7 Å². The van der Waals surface area contributed by atoms with Crippen LogP contribution in [0.15, 0.2) is 53.4 Å². The Morgan fingerprint density at radius 1 is 1.11 bits per heavy atom. The summed E-state index contributed by atoms with van der Waals surface area (Å²) < 4.78 is 32.7. The number of halogens is 1. The number of nitrogens with zero attached hydrogens (tertiary/aromatic N) is 1. The highest BCUT2D eigenvalue weighted by atomic mass is 35.5. The summed E-state index contributed by atoms with van der Waals surface area (Å²) in [7, 11) is -3.91. The van der Waals surface area contributed by atoms with Crippen LogP contribution in [0.2, 0.25) is 5.02 Å². The molecule has 0 heterocycles. The van der Waals surface area contributed by atoms with Crippen LogP contribution < -0.4 is 9.62 Å². The van der Waals surface area contributed by atoms with E-state index in [0.29, 0.717) is 36.9 Å². The third kappa shape index (κ3) is 6.22. The lowest BCUT2D eigenvalue weighted by Gasteiger charge is -2.24. The van der Waals surface area contributed by atoms with Crippen molar-refractivity contribution < 1.29 is 17.9 Å². The molecule has 152 valence electrons. The molecule has 0 spiro atoms. The maximum atomic E-state index is 13.2. The van der Waals surface area contributed by atoms with Crippen molar-refractivity contribution in [3.63, 3.8) is 0 Å². The number of rotatable bonds is 10. The first kappa shape index (κ1) is 22.2. The summed E-state index contributed by atoms with van der Waals surface area (Å²) in [5.41, 5.74) is 1.32. The monoisotopic (exact) mass is 424 g/mol. The standard InChI is InChI=1S/C20H25ClN2O4S/c1-3-27-14-4-13-22-20(24)15-23(18-9-7-17(21)8-10-18)28(25,26)19-11-5-16(2)6-12-19/h5-12H,3-4,13-15H2,1-2H3,(H,22,24). The second kappa shape index (κ2) is 10.5. The molecule has 28 heavy (non-hydrogen) atoms. The minimum absolute atomic E-state index is 0.122. The fraction of sp³-hybridized carbons (Fsp3) is 0.350. The van der Waals surface area contributed by atoms with Crippen molar-refractivity contribution in [3.05, 3.63) is 59.1 Å². The van der Waals surface area contributed by atoms with Gasteiger partial charge in [-0.05, 0) is 56.7 Å². The van der Waals surface area contributed by atoms with Gasteiger partial charge in [0.05, 0.1) is 10.6 Å². The van der Waals surface area contributed by atoms with Crippen molar-refractivity contribution in [2.75, 3.05) is 30.6 Å². The van der Waals surface area contributed by atoms with Crippen molar-refractivity contribution in [1.82, 2.24) is 5.32 Å². The van der Waals surface area contributed by atoms with Crippen molar-refractivity contribution in [2.45, 2.75) is 25.2 Å². The maximum absolute atomic E-state index is 13.2. The number of anilines is 1. The molecular weight excluding hydrogens is 400 g/mol. The predicted octanol–water partition coefficient (Wildman–Crippen LogP) is 3.39. The first-order valence-corrected chi connectivity index (χ1v) is 10.9. The van der Waals surface area contributed by atoms with Crippen molar-refractivity contribution in [2.24, 2.45) is 0 Å². The lowest BCUT2D eigenvalue weighted by atomic mass is 10.2.